The number of carbonyl (C=O) groups is 1. The molecule has 0 saturated carbocycles. The highest BCUT2D eigenvalue weighted by atomic mass is 19.1. The van der Waals surface area contributed by atoms with Crippen LogP contribution < -0.4 is 11.1 Å². The second-order valence-electron chi connectivity index (χ2n) is 3.40. The molecule has 0 unspecified atom stereocenters. The Morgan fingerprint density at radius 1 is 1.47 bits per heavy atom. The van der Waals surface area contributed by atoms with Gasteiger partial charge in [0.05, 0.1) is 18.4 Å². The number of halogens is 1. The van der Waals surface area contributed by atoms with E-state index in [1.165, 1.54) is 6.20 Å². The molecule has 0 bridgehead atoms. The van der Waals surface area contributed by atoms with Crippen LogP contribution in [-0.2, 0) is 4.74 Å². The second-order valence-corrected chi connectivity index (χ2v) is 3.40. The third-order valence-corrected chi connectivity index (χ3v) is 1.98. The summed E-state index contributed by atoms with van der Waals surface area (Å²) in [5.74, 6) is -0.861. The Kier molecular flexibility index (Phi) is 6.13. The number of pyridine rings is 1. The summed E-state index contributed by atoms with van der Waals surface area (Å²) in [6.07, 6.45) is 3.06. The van der Waals surface area contributed by atoms with Gasteiger partial charge in [-0.05, 0) is 12.5 Å². The van der Waals surface area contributed by atoms with Gasteiger partial charge in [0.15, 0.2) is 0 Å². The molecule has 0 radical (unpaired) electrons. The average Bonchev–Trinajstić information content (AvgIpc) is 2.33. The van der Waals surface area contributed by atoms with Gasteiger partial charge in [-0.25, -0.2) is 4.39 Å². The summed E-state index contributed by atoms with van der Waals surface area (Å²) >= 11 is 0. The summed E-state index contributed by atoms with van der Waals surface area (Å²) in [6, 6.07) is 1.15. The first-order valence-corrected chi connectivity index (χ1v) is 5.40. The fourth-order valence-corrected chi connectivity index (χ4v) is 1.20. The molecule has 5 nitrogen and oxygen atoms in total. The van der Waals surface area contributed by atoms with E-state index in [4.69, 9.17) is 10.5 Å². The number of hydrogen-bond donors (Lipinski definition) is 2. The van der Waals surface area contributed by atoms with Crippen molar-refractivity contribution in [1.29, 1.82) is 0 Å². The molecule has 94 valence electrons. The first-order valence-electron chi connectivity index (χ1n) is 5.40. The number of hydrogen-bond acceptors (Lipinski definition) is 4. The zero-order chi connectivity index (χ0) is 12.5. The van der Waals surface area contributed by atoms with Crippen molar-refractivity contribution in [3.8, 4) is 0 Å². The highest BCUT2D eigenvalue weighted by Crippen LogP contribution is 2.00. The predicted octanol–water partition coefficient (Wildman–Crippen LogP) is 0.316. The average molecular weight is 241 g/mol. The zero-order valence-electron chi connectivity index (χ0n) is 9.49. The molecule has 6 heteroatoms. The van der Waals surface area contributed by atoms with Crippen molar-refractivity contribution in [3.05, 3.63) is 29.8 Å². The number of aromatic nitrogens is 1. The lowest BCUT2D eigenvalue weighted by molar-refractivity contribution is 0.0942. The molecule has 0 spiro atoms. The number of rotatable bonds is 7. The summed E-state index contributed by atoms with van der Waals surface area (Å²) in [4.78, 5) is 15.1. The van der Waals surface area contributed by atoms with Crippen LogP contribution in [0.4, 0.5) is 4.39 Å². The molecule has 1 aromatic heterocycles. The molecule has 1 aromatic rings. The van der Waals surface area contributed by atoms with Crippen molar-refractivity contribution < 1.29 is 13.9 Å². The van der Waals surface area contributed by atoms with Crippen molar-refractivity contribution in [3.63, 3.8) is 0 Å². The maximum Gasteiger partial charge on any atom is 0.252 e. The molecule has 3 N–H and O–H groups in total. The lowest BCUT2D eigenvalue weighted by Crippen LogP contribution is -2.25. The van der Waals surface area contributed by atoms with Gasteiger partial charge in [-0.1, -0.05) is 0 Å². The number of carbonyl (C=O) groups excluding carboxylic acids is 1. The molecular weight excluding hydrogens is 225 g/mol. The molecular formula is C11H16FN3O2. The normalized spacial score (nSPS) is 10.2. The van der Waals surface area contributed by atoms with E-state index in [1.807, 2.05) is 0 Å². The first-order chi connectivity index (χ1) is 8.24. The standard InChI is InChI=1S/C11H16FN3O2/c12-10-6-9(7-14-8-10)11(16)15-3-1-4-17-5-2-13/h6-8H,1-5,13H2,(H,15,16). The van der Waals surface area contributed by atoms with Gasteiger partial charge in [0.2, 0.25) is 0 Å². The lowest BCUT2D eigenvalue weighted by Gasteiger charge is -2.05. The monoisotopic (exact) mass is 241 g/mol. The van der Waals surface area contributed by atoms with E-state index in [2.05, 4.69) is 10.3 Å². The molecule has 0 saturated heterocycles. The van der Waals surface area contributed by atoms with E-state index in [0.29, 0.717) is 32.7 Å². The Balaban J connectivity index is 2.21. The predicted molar refractivity (Wildman–Crippen MR) is 61.0 cm³/mol. The number of amides is 1. The summed E-state index contributed by atoms with van der Waals surface area (Å²) in [6.45, 7) is 2.02. The van der Waals surface area contributed by atoms with Crippen molar-refractivity contribution in [2.45, 2.75) is 6.42 Å². The largest absolute Gasteiger partial charge is 0.380 e. The van der Waals surface area contributed by atoms with Crippen LogP contribution in [0.3, 0.4) is 0 Å². The summed E-state index contributed by atoms with van der Waals surface area (Å²) in [7, 11) is 0. The minimum atomic E-state index is -0.524. The highest BCUT2D eigenvalue weighted by molar-refractivity contribution is 5.93. The molecule has 1 heterocycles. The van der Waals surface area contributed by atoms with E-state index in [-0.39, 0.29) is 11.5 Å². The Bertz CT molecular complexity index is 360. The van der Waals surface area contributed by atoms with Gasteiger partial charge >= 0.3 is 0 Å². The van der Waals surface area contributed by atoms with Crippen LogP contribution in [0.25, 0.3) is 0 Å². The van der Waals surface area contributed by atoms with Gasteiger partial charge < -0.3 is 15.8 Å². The molecule has 0 aromatic carbocycles. The van der Waals surface area contributed by atoms with Gasteiger partial charge in [0.1, 0.15) is 5.82 Å². The highest BCUT2D eigenvalue weighted by Gasteiger charge is 2.05. The fourth-order valence-electron chi connectivity index (χ4n) is 1.20. The summed E-state index contributed by atoms with van der Waals surface area (Å²) in [5, 5.41) is 2.65. The second kappa shape index (κ2) is 7.70. The van der Waals surface area contributed by atoms with Crippen LogP contribution >= 0.6 is 0 Å². The van der Waals surface area contributed by atoms with E-state index in [9.17, 15) is 9.18 Å². The van der Waals surface area contributed by atoms with Gasteiger partial charge in [0.25, 0.3) is 5.91 Å². The van der Waals surface area contributed by atoms with Crippen molar-refractivity contribution in [2.24, 2.45) is 5.73 Å². The topological polar surface area (TPSA) is 77.2 Å². The van der Waals surface area contributed by atoms with Crippen LogP contribution in [0.1, 0.15) is 16.8 Å². The number of nitrogens with two attached hydrogens (primary N) is 1. The first kappa shape index (κ1) is 13.5. The molecule has 1 rings (SSSR count). The van der Waals surface area contributed by atoms with Crippen LogP contribution in [0.5, 0.6) is 0 Å². The molecule has 17 heavy (non-hydrogen) atoms. The summed E-state index contributed by atoms with van der Waals surface area (Å²) < 4.78 is 17.9. The molecule has 0 fully saturated rings. The summed E-state index contributed by atoms with van der Waals surface area (Å²) in [5.41, 5.74) is 5.46. The van der Waals surface area contributed by atoms with Gasteiger partial charge in [-0.2, -0.15) is 0 Å². The minimum absolute atomic E-state index is 0.216. The quantitative estimate of drug-likeness (QED) is 0.674. The Morgan fingerprint density at radius 3 is 3.00 bits per heavy atom. The van der Waals surface area contributed by atoms with Gasteiger partial charge in [-0.15, -0.1) is 0 Å². The number of nitrogens with zero attached hydrogens (tertiary/aromatic N) is 1. The van der Waals surface area contributed by atoms with Crippen LogP contribution in [0, 0.1) is 5.82 Å². The Labute approximate surface area is 99.2 Å². The van der Waals surface area contributed by atoms with Crippen LogP contribution in [0.15, 0.2) is 18.5 Å². The smallest absolute Gasteiger partial charge is 0.252 e. The van der Waals surface area contributed by atoms with Crippen molar-refractivity contribution in [1.82, 2.24) is 10.3 Å². The van der Waals surface area contributed by atoms with E-state index < -0.39 is 5.82 Å². The van der Waals surface area contributed by atoms with Crippen molar-refractivity contribution in [2.75, 3.05) is 26.3 Å². The minimum Gasteiger partial charge on any atom is -0.380 e. The van der Waals surface area contributed by atoms with Crippen molar-refractivity contribution >= 4 is 5.91 Å². The van der Waals surface area contributed by atoms with E-state index >= 15 is 0 Å². The lowest BCUT2D eigenvalue weighted by atomic mass is 10.2. The van der Waals surface area contributed by atoms with Gasteiger partial charge in [-0.3, -0.25) is 9.78 Å². The number of nitrogens with one attached hydrogen (secondary N) is 1. The SMILES string of the molecule is NCCOCCCNC(=O)c1cncc(F)c1. The molecule has 0 aliphatic heterocycles. The fraction of sp³-hybridized carbons (Fsp3) is 0.455. The third-order valence-electron chi connectivity index (χ3n) is 1.98. The molecule has 0 aliphatic rings. The maximum absolute atomic E-state index is 12.8. The van der Waals surface area contributed by atoms with Crippen LogP contribution in [0.2, 0.25) is 0 Å². The van der Waals surface area contributed by atoms with Gasteiger partial charge in [0, 0.05) is 25.9 Å². The Morgan fingerprint density at radius 2 is 2.29 bits per heavy atom. The number of ether oxygens (including phenoxy) is 1. The van der Waals surface area contributed by atoms with E-state index in [1.54, 1.807) is 0 Å². The molecule has 1 amide bonds. The molecule has 0 aliphatic carbocycles. The Hall–Kier alpha value is -1.53. The zero-order valence-corrected chi connectivity index (χ0v) is 9.49. The third kappa shape index (κ3) is 5.37. The maximum atomic E-state index is 12.8. The van der Waals surface area contributed by atoms with E-state index in [0.717, 1.165) is 12.3 Å². The molecule has 0 atom stereocenters. The van der Waals surface area contributed by atoms with Crippen LogP contribution in [-0.4, -0.2) is 37.2 Å².